The summed E-state index contributed by atoms with van der Waals surface area (Å²) in [6, 6.07) is 3.36. The summed E-state index contributed by atoms with van der Waals surface area (Å²) < 4.78 is 0. The van der Waals surface area contributed by atoms with Crippen LogP contribution in [0.1, 0.15) is 58.4 Å². The van der Waals surface area contributed by atoms with E-state index >= 15 is 0 Å². The number of Topliss-reactive ketones (excluding diaryl/α,β-unsaturated/α-hetero) is 2. The van der Waals surface area contributed by atoms with Gasteiger partial charge < -0.3 is 4.90 Å². The number of allylic oxidation sites excluding steroid dienone is 1. The van der Waals surface area contributed by atoms with Gasteiger partial charge in [0.05, 0.1) is 6.04 Å². The van der Waals surface area contributed by atoms with Crippen molar-refractivity contribution >= 4 is 23.5 Å². The molecule has 0 aliphatic carbocycles. The summed E-state index contributed by atoms with van der Waals surface area (Å²) in [6.07, 6.45) is 10.4. The van der Waals surface area contributed by atoms with Crippen LogP contribution in [0.3, 0.4) is 0 Å². The second-order valence-electron chi connectivity index (χ2n) is 7.42. The van der Waals surface area contributed by atoms with Gasteiger partial charge in [0.25, 0.3) is 5.91 Å². The Bertz CT molecular complexity index is 680. The molecule has 5 nitrogen and oxygen atoms in total. The molecule has 1 aliphatic rings. The van der Waals surface area contributed by atoms with Crippen molar-refractivity contribution in [2.24, 2.45) is 5.41 Å². The average Bonchev–Trinajstić information content (AvgIpc) is 3.14. The predicted octanol–water partition coefficient (Wildman–Crippen LogP) is 3.44. The van der Waals surface area contributed by atoms with Gasteiger partial charge in [0.1, 0.15) is 0 Å². The van der Waals surface area contributed by atoms with E-state index in [2.05, 4.69) is 4.98 Å². The third-order valence-electron chi connectivity index (χ3n) is 5.13. The average molecular weight is 356 g/mol. The van der Waals surface area contributed by atoms with Crippen molar-refractivity contribution in [2.75, 3.05) is 6.54 Å². The van der Waals surface area contributed by atoms with Crippen LogP contribution in [0.5, 0.6) is 0 Å². The van der Waals surface area contributed by atoms with E-state index in [9.17, 15) is 14.4 Å². The second kappa shape index (κ2) is 8.88. The van der Waals surface area contributed by atoms with E-state index in [1.54, 1.807) is 26.2 Å². The third-order valence-corrected chi connectivity index (χ3v) is 5.13. The molecule has 1 atom stereocenters. The van der Waals surface area contributed by atoms with Crippen molar-refractivity contribution in [2.45, 2.75) is 58.9 Å². The Morgan fingerprint density at radius 1 is 1.35 bits per heavy atom. The zero-order valence-electron chi connectivity index (χ0n) is 15.9. The zero-order valence-corrected chi connectivity index (χ0v) is 15.9. The highest BCUT2D eigenvalue weighted by molar-refractivity contribution is 6.38. The number of amides is 1. The van der Waals surface area contributed by atoms with Gasteiger partial charge in [0.15, 0.2) is 5.78 Å². The van der Waals surface area contributed by atoms with Crippen molar-refractivity contribution in [1.29, 1.82) is 0 Å². The largest absolute Gasteiger partial charge is 0.326 e. The Hall–Kier alpha value is -2.30. The molecule has 1 aromatic rings. The van der Waals surface area contributed by atoms with Gasteiger partial charge in [-0.25, -0.2) is 0 Å². The summed E-state index contributed by atoms with van der Waals surface area (Å²) in [6.45, 7) is 5.95. The van der Waals surface area contributed by atoms with E-state index in [1.807, 2.05) is 31.2 Å². The van der Waals surface area contributed by atoms with E-state index < -0.39 is 23.1 Å². The molecular weight excluding hydrogens is 328 g/mol. The first-order chi connectivity index (χ1) is 12.4. The topological polar surface area (TPSA) is 67.3 Å². The van der Waals surface area contributed by atoms with Crippen molar-refractivity contribution in [3.05, 3.63) is 36.2 Å². The highest BCUT2D eigenvalue weighted by Crippen LogP contribution is 2.26. The van der Waals surface area contributed by atoms with Gasteiger partial charge in [-0.05, 0) is 37.3 Å². The summed E-state index contributed by atoms with van der Waals surface area (Å²) in [5.74, 6) is -0.858. The molecule has 26 heavy (non-hydrogen) atoms. The molecule has 0 bridgehead atoms. The Balaban J connectivity index is 1.92. The molecule has 1 fully saturated rings. The molecule has 2 rings (SSSR count). The van der Waals surface area contributed by atoms with Crippen LogP contribution in [0.25, 0.3) is 6.08 Å². The summed E-state index contributed by atoms with van der Waals surface area (Å²) in [7, 11) is 0. The van der Waals surface area contributed by atoms with E-state index in [1.165, 1.54) is 4.90 Å². The van der Waals surface area contributed by atoms with Gasteiger partial charge in [-0.1, -0.05) is 39.0 Å². The molecule has 0 spiro atoms. The minimum Gasteiger partial charge on any atom is -0.326 e. The van der Waals surface area contributed by atoms with Crippen molar-refractivity contribution in [3.8, 4) is 0 Å². The molecule has 1 unspecified atom stereocenters. The molecular formula is C21H28N2O3. The van der Waals surface area contributed by atoms with Gasteiger partial charge in [0.2, 0.25) is 5.78 Å². The van der Waals surface area contributed by atoms with Crippen LogP contribution in [0.4, 0.5) is 0 Å². The van der Waals surface area contributed by atoms with Gasteiger partial charge >= 0.3 is 0 Å². The molecule has 0 aromatic carbocycles. The fraction of sp³-hybridized carbons (Fsp3) is 0.524. The monoisotopic (exact) mass is 356 g/mol. The standard InChI is InChI=1S/C21H28N2O3/c1-4-21(2,3)19(25)20(26)23-14-8-11-17(23)18(24)12-6-5-9-16-10-7-13-22-15-16/h5,7,9-10,13,15,17H,4,6,8,11-12,14H2,1-3H3. The van der Waals surface area contributed by atoms with Crippen LogP contribution < -0.4 is 0 Å². The maximum Gasteiger partial charge on any atom is 0.291 e. The molecule has 1 aromatic heterocycles. The predicted molar refractivity (Wildman–Crippen MR) is 101 cm³/mol. The number of hydrogen-bond donors (Lipinski definition) is 0. The number of hydrogen-bond acceptors (Lipinski definition) is 4. The third kappa shape index (κ3) is 4.87. The second-order valence-corrected chi connectivity index (χ2v) is 7.42. The fourth-order valence-corrected chi connectivity index (χ4v) is 3.01. The first kappa shape index (κ1) is 20.0. The summed E-state index contributed by atoms with van der Waals surface area (Å²) in [4.78, 5) is 43.1. The van der Waals surface area contributed by atoms with Crippen molar-refractivity contribution in [1.82, 2.24) is 9.88 Å². The van der Waals surface area contributed by atoms with E-state index in [0.29, 0.717) is 32.2 Å². The van der Waals surface area contributed by atoms with Gasteiger partial charge in [0, 0.05) is 30.8 Å². The number of ketones is 2. The first-order valence-electron chi connectivity index (χ1n) is 9.31. The summed E-state index contributed by atoms with van der Waals surface area (Å²) in [5, 5.41) is 0. The van der Waals surface area contributed by atoms with Crippen LogP contribution in [0, 0.1) is 5.41 Å². The maximum absolute atomic E-state index is 12.6. The molecule has 140 valence electrons. The lowest BCUT2D eigenvalue weighted by Crippen LogP contribution is -2.47. The lowest BCUT2D eigenvalue weighted by molar-refractivity contribution is -0.151. The maximum atomic E-state index is 12.6. The number of pyridine rings is 1. The van der Waals surface area contributed by atoms with Gasteiger partial charge in [-0.15, -0.1) is 0 Å². The lowest BCUT2D eigenvalue weighted by atomic mass is 9.84. The van der Waals surface area contributed by atoms with Crippen LogP contribution in [-0.4, -0.2) is 39.9 Å². The number of likely N-dealkylation sites (tertiary alicyclic amines) is 1. The van der Waals surface area contributed by atoms with E-state index in [4.69, 9.17) is 0 Å². The minimum atomic E-state index is -0.681. The van der Waals surface area contributed by atoms with E-state index in [-0.39, 0.29) is 5.78 Å². The van der Waals surface area contributed by atoms with Crippen LogP contribution in [0.2, 0.25) is 0 Å². The molecule has 2 heterocycles. The molecule has 1 aliphatic heterocycles. The van der Waals surface area contributed by atoms with Crippen LogP contribution in [0.15, 0.2) is 30.6 Å². The smallest absolute Gasteiger partial charge is 0.291 e. The zero-order chi connectivity index (χ0) is 19.2. The number of rotatable bonds is 8. The number of nitrogens with zero attached hydrogens (tertiary/aromatic N) is 2. The Morgan fingerprint density at radius 2 is 2.12 bits per heavy atom. The highest BCUT2D eigenvalue weighted by Gasteiger charge is 2.40. The van der Waals surface area contributed by atoms with Crippen LogP contribution >= 0.6 is 0 Å². The molecule has 0 saturated carbocycles. The number of carbonyl (C=O) groups is 3. The fourth-order valence-electron chi connectivity index (χ4n) is 3.01. The molecule has 1 saturated heterocycles. The quantitative estimate of drug-likeness (QED) is 0.669. The molecule has 0 N–H and O–H groups in total. The highest BCUT2D eigenvalue weighted by atomic mass is 16.2. The normalized spacial score (nSPS) is 17.7. The Morgan fingerprint density at radius 3 is 2.77 bits per heavy atom. The number of aromatic nitrogens is 1. The number of carbonyl (C=O) groups excluding carboxylic acids is 3. The Kier molecular flexibility index (Phi) is 6.83. The van der Waals surface area contributed by atoms with Crippen molar-refractivity contribution in [3.63, 3.8) is 0 Å². The first-order valence-corrected chi connectivity index (χ1v) is 9.31. The molecule has 1 amide bonds. The van der Waals surface area contributed by atoms with Gasteiger partial charge in [-0.2, -0.15) is 0 Å². The Labute approximate surface area is 155 Å². The van der Waals surface area contributed by atoms with Gasteiger partial charge in [-0.3, -0.25) is 19.4 Å². The van der Waals surface area contributed by atoms with E-state index in [0.717, 1.165) is 12.0 Å². The lowest BCUT2D eigenvalue weighted by Gasteiger charge is -2.27. The molecule has 0 radical (unpaired) electrons. The van der Waals surface area contributed by atoms with Crippen LogP contribution in [-0.2, 0) is 14.4 Å². The minimum absolute atomic E-state index is 0.0359. The molecule has 5 heteroatoms. The van der Waals surface area contributed by atoms with Crippen molar-refractivity contribution < 1.29 is 14.4 Å². The SMILES string of the molecule is CCC(C)(C)C(=O)C(=O)N1CCCC1C(=O)CCC=Cc1cccnc1. The summed E-state index contributed by atoms with van der Waals surface area (Å²) >= 11 is 0. The summed E-state index contributed by atoms with van der Waals surface area (Å²) in [5.41, 5.74) is 0.310.